The van der Waals surface area contributed by atoms with Gasteiger partial charge in [0, 0.05) is 0 Å². The molecule has 0 aliphatic heterocycles. The van der Waals surface area contributed by atoms with E-state index in [2.05, 4.69) is 0 Å². The van der Waals surface area contributed by atoms with Crippen LogP contribution in [0.4, 0.5) is 13.2 Å². The van der Waals surface area contributed by atoms with Gasteiger partial charge in [0.1, 0.15) is 6.10 Å². The van der Waals surface area contributed by atoms with Gasteiger partial charge in [0.2, 0.25) is 0 Å². The van der Waals surface area contributed by atoms with Gasteiger partial charge in [-0.2, -0.15) is 13.2 Å². The lowest BCUT2D eigenvalue weighted by Crippen LogP contribution is -2.23. The number of rotatable bonds is 3. The summed E-state index contributed by atoms with van der Waals surface area (Å²) in [6.07, 6.45) is -7.63. The summed E-state index contributed by atoms with van der Waals surface area (Å²) < 4.78 is 37.7. The number of aliphatic hydroxyl groups is 2. The van der Waals surface area contributed by atoms with Gasteiger partial charge in [-0.3, -0.25) is 0 Å². The molecular weight excluding hydrogens is 245 g/mol. The summed E-state index contributed by atoms with van der Waals surface area (Å²) in [4.78, 5) is 0. The molecule has 1 rings (SSSR count). The molecule has 0 saturated heterocycles. The molecule has 16 heavy (non-hydrogen) atoms. The van der Waals surface area contributed by atoms with E-state index in [1.165, 1.54) is 12.1 Å². The summed E-state index contributed by atoms with van der Waals surface area (Å²) in [5.41, 5.74) is -1.34. The summed E-state index contributed by atoms with van der Waals surface area (Å²) in [5.74, 6) is -0.340. The quantitative estimate of drug-likeness (QED) is 0.813. The molecule has 0 spiro atoms. The highest BCUT2D eigenvalue weighted by Gasteiger charge is 2.35. The van der Waals surface area contributed by atoms with Crippen LogP contribution in [0.2, 0.25) is 0 Å². The lowest BCUT2D eigenvalue weighted by molar-refractivity contribution is -0.139. The summed E-state index contributed by atoms with van der Waals surface area (Å²) >= 11 is 5.27. The molecule has 2 nitrogen and oxygen atoms in total. The fourth-order valence-corrected chi connectivity index (χ4v) is 1.47. The molecule has 2 unspecified atom stereocenters. The molecule has 2 N–H and O–H groups in total. The highest BCUT2D eigenvalue weighted by molar-refractivity contribution is 6.18. The Morgan fingerprint density at radius 2 is 1.75 bits per heavy atom. The molecular formula is C10H10ClF3O2. The molecule has 0 fully saturated rings. The van der Waals surface area contributed by atoms with E-state index in [-0.39, 0.29) is 11.4 Å². The molecule has 0 aromatic heterocycles. The van der Waals surface area contributed by atoms with Crippen LogP contribution in [0.15, 0.2) is 24.3 Å². The number of halogens is 4. The third-order valence-corrected chi connectivity index (χ3v) is 2.42. The Balaban J connectivity index is 3.13. The molecule has 0 heterocycles. The third kappa shape index (κ3) is 2.87. The Bertz CT molecular complexity index is 354. The van der Waals surface area contributed by atoms with Crippen molar-refractivity contribution in [1.29, 1.82) is 0 Å². The van der Waals surface area contributed by atoms with Gasteiger partial charge in [-0.25, -0.2) is 0 Å². The number of alkyl halides is 4. The molecule has 6 heteroatoms. The standard InChI is InChI=1S/C10H10ClF3O2/c11-5-8(15)9(16)6-3-1-2-4-7(6)10(12,13)14/h1-4,8-9,15-16H,5H2. The Morgan fingerprint density at radius 3 is 2.25 bits per heavy atom. The number of aliphatic hydroxyl groups excluding tert-OH is 2. The topological polar surface area (TPSA) is 40.5 Å². The van der Waals surface area contributed by atoms with Gasteiger partial charge in [-0.15, -0.1) is 11.6 Å². The van der Waals surface area contributed by atoms with Crippen LogP contribution < -0.4 is 0 Å². The van der Waals surface area contributed by atoms with Crippen LogP contribution in [0.3, 0.4) is 0 Å². The third-order valence-electron chi connectivity index (χ3n) is 2.11. The minimum atomic E-state index is -4.57. The zero-order valence-electron chi connectivity index (χ0n) is 8.08. The van der Waals surface area contributed by atoms with Crippen molar-refractivity contribution in [2.45, 2.75) is 18.4 Å². The van der Waals surface area contributed by atoms with Crippen molar-refractivity contribution >= 4 is 11.6 Å². The number of benzene rings is 1. The molecule has 0 radical (unpaired) electrons. The molecule has 2 atom stereocenters. The van der Waals surface area contributed by atoms with Crippen LogP contribution in [0, 0.1) is 0 Å². The summed E-state index contributed by atoms with van der Waals surface area (Å²) in [6, 6.07) is 4.53. The molecule has 1 aromatic carbocycles. The second-order valence-electron chi connectivity index (χ2n) is 3.25. The van der Waals surface area contributed by atoms with Gasteiger partial charge >= 0.3 is 6.18 Å². The fourth-order valence-electron chi connectivity index (χ4n) is 1.30. The predicted octanol–water partition coefficient (Wildman–Crippen LogP) is 2.34. The average Bonchev–Trinajstić information content (AvgIpc) is 2.26. The van der Waals surface area contributed by atoms with E-state index in [0.717, 1.165) is 12.1 Å². The Hall–Kier alpha value is -0.780. The Morgan fingerprint density at radius 1 is 1.19 bits per heavy atom. The van der Waals surface area contributed by atoms with Gasteiger partial charge in [0.15, 0.2) is 0 Å². The van der Waals surface area contributed by atoms with Gasteiger partial charge in [-0.05, 0) is 11.6 Å². The molecule has 0 amide bonds. The number of hydrogen-bond donors (Lipinski definition) is 2. The van der Waals surface area contributed by atoms with E-state index in [9.17, 15) is 23.4 Å². The highest BCUT2D eigenvalue weighted by atomic mass is 35.5. The first-order chi connectivity index (χ1) is 7.38. The highest BCUT2D eigenvalue weighted by Crippen LogP contribution is 2.35. The van der Waals surface area contributed by atoms with E-state index in [0.29, 0.717) is 0 Å². The van der Waals surface area contributed by atoms with E-state index in [4.69, 9.17) is 11.6 Å². The van der Waals surface area contributed by atoms with Crippen LogP contribution in [0.1, 0.15) is 17.2 Å². The first-order valence-electron chi connectivity index (χ1n) is 4.46. The zero-order chi connectivity index (χ0) is 12.3. The average molecular weight is 255 g/mol. The van der Waals surface area contributed by atoms with E-state index in [1.54, 1.807) is 0 Å². The maximum Gasteiger partial charge on any atom is 0.416 e. The normalized spacial score (nSPS) is 15.9. The lowest BCUT2D eigenvalue weighted by atomic mass is 9.99. The number of hydrogen-bond acceptors (Lipinski definition) is 2. The summed E-state index contributed by atoms with van der Waals surface area (Å²) in [6.45, 7) is 0. The Labute approximate surface area is 95.3 Å². The minimum Gasteiger partial charge on any atom is -0.389 e. The van der Waals surface area contributed by atoms with Crippen LogP contribution in [-0.4, -0.2) is 22.2 Å². The van der Waals surface area contributed by atoms with Crippen LogP contribution >= 0.6 is 11.6 Å². The minimum absolute atomic E-state index is 0.340. The second-order valence-corrected chi connectivity index (χ2v) is 3.56. The first kappa shape index (κ1) is 13.3. The van der Waals surface area contributed by atoms with Crippen molar-refractivity contribution in [2.24, 2.45) is 0 Å². The van der Waals surface area contributed by atoms with Gasteiger partial charge in [-0.1, -0.05) is 18.2 Å². The monoisotopic (exact) mass is 254 g/mol. The van der Waals surface area contributed by atoms with Crippen LogP contribution in [0.5, 0.6) is 0 Å². The SMILES string of the molecule is OC(CCl)C(O)c1ccccc1C(F)(F)F. The van der Waals surface area contributed by atoms with Crippen LogP contribution in [0.25, 0.3) is 0 Å². The predicted molar refractivity (Wildman–Crippen MR) is 53.1 cm³/mol. The summed E-state index contributed by atoms with van der Waals surface area (Å²) in [5, 5.41) is 18.7. The first-order valence-corrected chi connectivity index (χ1v) is 4.99. The molecule has 0 bridgehead atoms. The molecule has 0 aliphatic rings. The van der Waals surface area contributed by atoms with Crippen molar-refractivity contribution in [3.8, 4) is 0 Å². The van der Waals surface area contributed by atoms with E-state index >= 15 is 0 Å². The fraction of sp³-hybridized carbons (Fsp3) is 0.400. The molecule has 0 saturated carbocycles. The van der Waals surface area contributed by atoms with Crippen molar-refractivity contribution in [3.63, 3.8) is 0 Å². The van der Waals surface area contributed by atoms with Crippen molar-refractivity contribution in [2.75, 3.05) is 5.88 Å². The van der Waals surface area contributed by atoms with E-state index in [1.807, 2.05) is 0 Å². The maximum absolute atomic E-state index is 12.6. The molecule has 0 aliphatic carbocycles. The van der Waals surface area contributed by atoms with Crippen molar-refractivity contribution in [1.82, 2.24) is 0 Å². The maximum atomic E-state index is 12.6. The summed E-state index contributed by atoms with van der Waals surface area (Å²) in [7, 11) is 0. The lowest BCUT2D eigenvalue weighted by Gasteiger charge is -2.20. The van der Waals surface area contributed by atoms with E-state index < -0.39 is 23.9 Å². The van der Waals surface area contributed by atoms with Gasteiger partial charge in [0.25, 0.3) is 0 Å². The largest absolute Gasteiger partial charge is 0.416 e. The van der Waals surface area contributed by atoms with Gasteiger partial charge in [0.05, 0.1) is 17.5 Å². The smallest absolute Gasteiger partial charge is 0.389 e. The molecule has 90 valence electrons. The second kappa shape index (κ2) is 5.03. The Kier molecular flexibility index (Phi) is 4.18. The zero-order valence-corrected chi connectivity index (χ0v) is 8.83. The van der Waals surface area contributed by atoms with Crippen molar-refractivity contribution < 1.29 is 23.4 Å². The van der Waals surface area contributed by atoms with Crippen LogP contribution in [-0.2, 0) is 6.18 Å². The molecule has 1 aromatic rings. The van der Waals surface area contributed by atoms with Gasteiger partial charge < -0.3 is 10.2 Å². The van der Waals surface area contributed by atoms with Crippen molar-refractivity contribution in [3.05, 3.63) is 35.4 Å².